The van der Waals surface area contributed by atoms with Crippen LogP contribution in [0.5, 0.6) is 0 Å². The van der Waals surface area contributed by atoms with Gasteiger partial charge in [-0.15, -0.1) is 0 Å². The van der Waals surface area contributed by atoms with E-state index in [-0.39, 0.29) is 0 Å². The summed E-state index contributed by atoms with van der Waals surface area (Å²) in [5.74, 6) is 0. The number of halogens is 1. The molecule has 1 aromatic carbocycles. The normalized spacial score (nSPS) is 15.6. The minimum Gasteiger partial charge on any atom is -0.320 e. The maximum Gasteiger partial charge on any atom is 0.0529 e. The van der Waals surface area contributed by atoms with Crippen LogP contribution in [0.15, 0.2) is 36.5 Å². The van der Waals surface area contributed by atoms with Gasteiger partial charge >= 0.3 is 0 Å². The Morgan fingerprint density at radius 2 is 1.96 bits per heavy atom. The zero-order chi connectivity index (χ0) is 17.4. The van der Waals surface area contributed by atoms with Crippen LogP contribution in [0.4, 0.5) is 0 Å². The molecule has 0 amide bonds. The molecule has 0 saturated carbocycles. The first-order valence-corrected chi connectivity index (χ1v) is 9.10. The molecule has 1 aliphatic rings. The molecule has 0 saturated heterocycles. The number of aryl methyl sites for hydroxylation is 1. The summed E-state index contributed by atoms with van der Waals surface area (Å²) in [6.45, 7) is 4.17. The Morgan fingerprint density at radius 1 is 1.12 bits per heavy atom. The molecular formula is C21H22ClN3. The van der Waals surface area contributed by atoms with E-state index in [1.165, 1.54) is 22.2 Å². The number of hydrogen-bond donors (Lipinski definition) is 0. The molecule has 0 bridgehead atoms. The number of likely N-dealkylation sites (N-methyl/N-ethyl adjacent to an activating group) is 1. The highest BCUT2D eigenvalue weighted by atomic mass is 35.5. The van der Waals surface area contributed by atoms with Crippen LogP contribution in [0.25, 0.3) is 23.2 Å². The summed E-state index contributed by atoms with van der Waals surface area (Å²) >= 11 is 6.28. The third-order valence-electron chi connectivity index (χ3n) is 5.01. The maximum absolute atomic E-state index is 6.28. The van der Waals surface area contributed by atoms with Gasteiger partial charge in [0.2, 0.25) is 0 Å². The highest BCUT2D eigenvalue weighted by molar-refractivity contribution is 6.31. The molecule has 3 heterocycles. The molecule has 0 radical (unpaired) electrons. The Morgan fingerprint density at radius 3 is 2.76 bits per heavy atom. The number of nitrogens with zero attached hydrogens (tertiary/aromatic N) is 3. The van der Waals surface area contributed by atoms with E-state index >= 15 is 0 Å². The van der Waals surface area contributed by atoms with Crippen LogP contribution in [-0.2, 0) is 12.8 Å². The standard InChI is InChI=1S/C21H22ClN3/c1-15-3-4-16(14-23-15)7-12-25-20-6-5-17(22)13-19(20)18-8-10-24(2)11-9-21(18)25/h3-7,12-14H,8-11H2,1-2H3/b12-7+. The van der Waals surface area contributed by atoms with Gasteiger partial charge in [0.25, 0.3) is 0 Å². The van der Waals surface area contributed by atoms with Crippen LogP contribution in [0.3, 0.4) is 0 Å². The quantitative estimate of drug-likeness (QED) is 0.669. The molecule has 4 heteroatoms. The molecule has 4 rings (SSSR count). The fourth-order valence-electron chi connectivity index (χ4n) is 3.58. The summed E-state index contributed by atoms with van der Waals surface area (Å²) in [6, 6.07) is 10.4. The highest BCUT2D eigenvalue weighted by Crippen LogP contribution is 2.31. The Kier molecular flexibility index (Phi) is 4.36. The van der Waals surface area contributed by atoms with Crippen molar-refractivity contribution in [1.82, 2.24) is 14.5 Å². The SMILES string of the molecule is Cc1ccc(/C=C/n2c3c(c4cc(Cl)ccc42)CCN(C)CC3)cn1. The molecule has 0 fully saturated rings. The van der Waals surface area contributed by atoms with Gasteiger partial charge < -0.3 is 9.47 Å². The molecule has 0 unspecified atom stereocenters. The summed E-state index contributed by atoms with van der Waals surface area (Å²) in [7, 11) is 2.19. The maximum atomic E-state index is 6.28. The fraction of sp³-hybridized carbons (Fsp3) is 0.286. The van der Waals surface area contributed by atoms with Crippen molar-refractivity contribution in [3.8, 4) is 0 Å². The zero-order valence-electron chi connectivity index (χ0n) is 14.7. The number of fused-ring (bicyclic) bond motifs is 3. The predicted octanol–water partition coefficient (Wildman–Crippen LogP) is 4.66. The lowest BCUT2D eigenvalue weighted by Crippen LogP contribution is -2.21. The summed E-state index contributed by atoms with van der Waals surface area (Å²) in [5.41, 5.74) is 6.22. The first-order valence-electron chi connectivity index (χ1n) is 8.72. The number of hydrogen-bond acceptors (Lipinski definition) is 2. The van der Waals surface area contributed by atoms with Crippen molar-refractivity contribution in [1.29, 1.82) is 0 Å². The van der Waals surface area contributed by atoms with Crippen molar-refractivity contribution >= 4 is 34.8 Å². The zero-order valence-corrected chi connectivity index (χ0v) is 15.4. The second-order valence-corrected chi connectivity index (χ2v) is 7.25. The van der Waals surface area contributed by atoms with E-state index < -0.39 is 0 Å². The Labute approximate surface area is 153 Å². The molecule has 25 heavy (non-hydrogen) atoms. The molecule has 0 atom stereocenters. The highest BCUT2D eigenvalue weighted by Gasteiger charge is 2.19. The van der Waals surface area contributed by atoms with Crippen LogP contribution >= 0.6 is 11.6 Å². The van der Waals surface area contributed by atoms with Gasteiger partial charge in [0.05, 0.1) is 5.52 Å². The fourth-order valence-corrected chi connectivity index (χ4v) is 3.75. The van der Waals surface area contributed by atoms with Gasteiger partial charge in [0, 0.05) is 53.7 Å². The van der Waals surface area contributed by atoms with Crippen molar-refractivity contribution in [2.45, 2.75) is 19.8 Å². The van der Waals surface area contributed by atoms with Crippen molar-refractivity contribution in [3.05, 3.63) is 64.1 Å². The molecule has 2 aromatic heterocycles. The van der Waals surface area contributed by atoms with E-state index in [9.17, 15) is 0 Å². The van der Waals surface area contributed by atoms with E-state index in [0.717, 1.165) is 42.2 Å². The van der Waals surface area contributed by atoms with E-state index in [1.807, 2.05) is 25.3 Å². The summed E-state index contributed by atoms with van der Waals surface area (Å²) in [6.07, 6.45) is 8.34. The number of pyridine rings is 1. The van der Waals surface area contributed by atoms with Crippen molar-refractivity contribution in [3.63, 3.8) is 0 Å². The Balaban J connectivity index is 1.83. The van der Waals surface area contributed by atoms with Gasteiger partial charge in [-0.1, -0.05) is 17.7 Å². The number of rotatable bonds is 2. The third kappa shape index (κ3) is 3.22. The van der Waals surface area contributed by atoms with Crippen LogP contribution in [-0.4, -0.2) is 34.6 Å². The molecule has 128 valence electrons. The van der Waals surface area contributed by atoms with Gasteiger partial charge in [-0.2, -0.15) is 0 Å². The minimum atomic E-state index is 0.803. The van der Waals surface area contributed by atoms with Gasteiger partial charge in [0.15, 0.2) is 0 Å². The smallest absolute Gasteiger partial charge is 0.0529 e. The average molecular weight is 352 g/mol. The second kappa shape index (κ2) is 6.66. The monoisotopic (exact) mass is 351 g/mol. The third-order valence-corrected chi connectivity index (χ3v) is 5.24. The van der Waals surface area contributed by atoms with Crippen molar-refractivity contribution < 1.29 is 0 Å². The molecule has 0 N–H and O–H groups in total. The van der Waals surface area contributed by atoms with E-state index in [2.05, 4.69) is 52.0 Å². The van der Waals surface area contributed by atoms with Gasteiger partial charge in [-0.25, -0.2) is 0 Å². The molecule has 0 aliphatic carbocycles. The van der Waals surface area contributed by atoms with Crippen LogP contribution in [0, 0.1) is 6.92 Å². The average Bonchev–Trinajstić information content (AvgIpc) is 2.75. The molecule has 0 spiro atoms. The van der Waals surface area contributed by atoms with Crippen molar-refractivity contribution in [2.24, 2.45) is 0 Å². The number of benzene rings is 1. The Hall–Kier alpha value is -2.10. The van der Waals surface area contributed by atoms with E-state index in [1.54, 1.807) is 0 Å². The van der Waals surface area contributed by atoms with Gasteiger partial charge in [0.1, 0.15) is 0 Å². The lowest BCUT2D eigenvalue weighted by molar-refractivity contribution is 0.351. The lowest BCUT2D eigenvalue weighted by atomic mass is 10.1. The molecule has 3 nitrogen and oxygen atoms in total. The molecule has 3 aromatic rings. The van der Waals surface area contributed by atoms with Crippen molar-refractivity contribution in [2.75, 3.05) is 20.1 Å². The Bertz CT molecular complexity index is 938. The largest absolute Gasteiger partial charge is 0.320 e. The summed E-state index contributed by atoms with van der Waals surface area (Å²) < 4.78 is 2.33. The first-order chi connectivity index (χ1) is 12.1. The van der Waals surface area contributed by atoms with Crippen LogP contribution < -0.4 is 0 Å². The van der Waals surface area contributed by atoms with E-state index in [0.29, 0.717) is 0 Å². The predicted molar refractivity (Wildman–Crippen MR) is 106 cm³/mol. The first kappa shape index (κ1) is 16.4. The molecule has 1 aliphatic heterocycles. The van der Waals surface area contributed by atoms with Crippen LogP contribution in [0.1, 0.15) is 22.5 Å². The lowest BCUT2D eigenvalue weighted by Gasteiger charge is -2.12. The van der Waals surface area contributed by atoms with E-state index in [4.69, 9.17) is 11.6 Å². The summed E-state index contributed by atoms with van der Waals surface area (Å²) in [5, 5.41) is 2.08. The topological polar surface area (TPSA) is 21.1 Å². The second-order valence-electron chi connectivity index (χ2n) is 6.81. The minimum absolute atomic E-state index is 0.803. The number of aromatic nitrogens is 2. The van der Waals surface area contributed by atoms with Gasteiger partial charge in [-0.05, 0) is 61.9 Å². The van der Waals surface area contributed by atoms with Gasteiger partial charge in [-0.3, -0.25) is 4.98 Å². The summed E-state index contributed by atoms with van der Waals surface area (Å²) in [4.78, 5) is 6.78. The van der Waals surface area contributed by atoms with Crippen LogP contribution in [0.2, 0.25) is 5.02 Å². The molecular weight excluding hydrogens is 330 g/mol.